The van der Waals surface area contributed by atoms with Crippen LogP contribution in [0.2, 0.25) is 0 Å². The van der Waals surface area contributed by atoms with E-state index < -0.39 is 18.1 Å². The molecule has 0 saturated carbocycles. The Balaban J connectivity index is 2.33. The van der Waals surface area contributed by atoms with Crippen molar-refractivity contribution in [1.29, 1.82) is 0 Å². The smallest absolute Gasteiger partial charge is 0.408 e. The van der Waals surface area contributed by atoms with Gasteiger partial charge in [0.15, 0.2) is 0 Å². The normalized spacial score (nSPS) is 11.8. The Morgan fingerprint density at radius 2 is 1.79 bits per heavy atom. The maximum atomic E-state index is 11.5. The molecule has 1 atom stereocenters. The van der Waals surface area contributed by atoms with Crippen molar-refractivity contribution in [3.05, 3.63) is 35.9 Å². The highest BCUT2D eigenvalue weighted by Crippen LogP contribution is 2.01. The molecule has 19 heavy (non-hydrogen) atoms. The Bertz CT molecular complexity index is 417. The molecular weight excluding hydrogens is 246 g/mol. The molecule has 1 rings (SSSR count). The predicted molar refractivity (Wildman–Crippen MR) is 70.5 cm³/mol. The zero-order valence-electron chi connectivity index (χ0n) is 11.4. The minimum atomic E-state index is -0.731. The summed E-state index contributed by atoms with van der Waals surface area (Å²) < 4.78 is 9.96. The Labute approximate surface area is 112 Å². The molecule has 104 valence electrons. The average molecular weight is 265 g/mol. The van der Waals surface area contributed by atoms with E-state index in [0.29, 0.717) is 0 Å². The largest absolute Gasteiger partial charge is 0.461 e. The fourth-order valence-corrected chi connectivity index (χ4v) is 1.33. The van der Waals surface area contributed by atoms with E-state index in [-0.39, 0.29) is 12.7 Å². The van der Waals surface area contributed by atoms with Crippen LogP contribution in [0, 0.1) is 0 Å². The SMILES string of the molecule is CC(C)OC(=O)C(C)NC(=O)OCc1ccccc1. The summed E-state index contributed by atoms with van der Waals surface area (Å²) in [7, 11) is 0. The van der Waals surface area contributed by atoms with Crippen LogP contribution >= 0.6 is 0 Å². The summed E-state index contributed by atoms with van der Waals surface area (Å²) in [4.78, 5) is 22.9. The molecular formula is C14H19NO4. The Morgan fingerprint density at radius 3 is 2.37 bits per heavy atom. The third-order valence-corrected chi connectivity index (χ3v) is 2.25. The van der Waals surface area contributed by atoms with Crippen LogP contribution in [0.1, 0.15) is 26.3 Å². The van der Waals surface area contributed by atoms with Gasteiger partial charge in [-0.1, -0.05) is 30.3 Å². The maximum Gasteiger partial charge on any atom is 0.408 e. The molecule has 1 N–H and O–H groups in total. The lowest BCUT2D eigenvalue weighted by molar-refractivity contribution is -0.149. The van der Waals surface area contributed by atoms with E-state index in [1.54, 1.807) is 20.8 Å². The number of esters is 1. The molecule has 1 unspecified atom stereocenters. The zero-order chi connectivity index (χ0) is 14.3. The van der Waals surface area contributed by atoms with E-state index in [2.05, 4.69) is 5.32 Å². The first kappa shape index (κ1) is 15.0. The van der Waals surface area contributed by atoms with Gasteiger partial charge in [-0.3, -0.25) is 0 Å². The van der Waals surface area contributed by atoms with E-state index in [0.717, 1.165) is 5.56 Å². The number of hydrogen-bond donors (Lipinski definition) is 1. The first-order valence-electron chi connectivity index (χ1n) is 6.16. The highest BCUT2D eigenvalue weighted by molar-refractivity contribution is 5.80. The highest BCUT2D eigenvalue weighted by atomic mass is 16.6. The van der Waals surface area contributed by atoms with Crippen LogP contribution in [0.25, 0.3) is 0 Å². The van der Waals surface area contributed by atoms with Gasteiger partial charge in [0.2, 0.25) is 0 Å². The summed E-state index contributed by atoms with van der Waals surface area (Å²) in [6.07, 6.45) is -0.853. The summed E-state index contributed by atoms with van der Waals surface area (Å²) in [5, 5.41) is 2.42. The van der Waals surface area contributed by atoms with Gasteiger partial charge in [-0.25, -0.2) is 9.59 Å². The molecule has 5 nitrogen and oxygen atoms in total. The monoisotopic (exact) mass is 265 g/mol. The second kappa shape index (κ2) is 7.41. The summed E-state index contributed by atoms with van der Waals surface area (Å²) >= 11 is 0. The minimum absolute atomic E-state index is 0.165. The molecule has 0 saturated heterocycles. The van der Waals surface area contributed by atoms with Crippen molar-refractivity contribution in [1.82, 2.24) is 5.32 Å². The lowest BCUT2D eigenvalue weighted by Gasteiger charge is -2.15. The van der Waals surface area contributed by atoms with Crippen molar-refractivity contribution in [2.75, 3.05) is 0 Å². The molecule has 0 heterocycles. The van der Waals surface area contributed by atoms with Gasteiger partial charge in [-0.15, -0.1) is 0 Å². The summed E-state index contributed by atoms with van der Waals surface area (Å²) in [5.41, 5.74) is 0.884. The van der Waals surface area contributed by atoms with Gasteiger partial charge >= 0.3 is 12.1 Å². The van der Waals surface area contributed by atoms with Crippen LogP contribution in [0.5, 0.6) is 0 Å². The van der Waals surface area contributed by atoms with Crippen LogP contribution in [0.15, 0.2) is 30.3 Å². The van der Waals surface area contributed by atoms with E-state index in [1.807, 2.05) is 30.3 Å². The van der Waals surface area contributed by atoms with Gasteiger partial charge in [0, 0.05) is 0 Å². The average Bonchev–Trinajstić information content (AvgIpc) is 2.36. The summed E-state index contributed by atoms with van der Waals surface area (Å²) in [6, 6.07) is 8.57. The van der Waals surface area contributed by atoms with E-state index >= 15 is 0 Å². The number of ether oxygens (including phenoxy) is 2. The van der Waals surface area contributed by atoms with Crippen molar-refractivity contribution in [2.45, 2.75) is 39.5 Å². The number of benzene rings is 1. The molecule has 1 aromatic carbocycles. The number of carbonyl (C=O) groups excluding carboxylic acids is 2. The minimum Gasteiger partial charge on any atom is -0.461 e. The Kier molecular flexibility index (Phi) is 5.85. The van der Waals surface area contributed by atoms with Crippen LogP contribution in [-0.4, -0.2) is 24.2 Å². The number of amides is 1. The third-order valence-electron chi connectivity index (χ3n) is 2.25. The second-order valence-electron chi connectivity index (χ2n) is 4.41. The molecule has 0 aliphatic carbocycles. The molecule has 1 aromatic rings. The molecule has 0 fully saturated rings. The molecule has 0 aliphatic rings. The topological polar surface area (TPSA) is 64.6 Å². The molecule has 5 heteroatoms. The molecule has 0 radical (unpaired) electrons. The fourth-order valence-electron chi connectivity index (χ4n) is 1.33. The molecule has 0 aliphatic heterocycles. The fraction of sp³-hybridized carbons (Fsp3) is 0.429. The molecule has 0 spiro atoms. The van der Waals surface area contributed by atoms with Crippen LogP contribution in [0.4, 0.5) is 4.79 Å². The summed E-state index contributed by atoms with van der Waals surface area (Å²) in [5.74, 6) is -0.480. The number of nitrogens with one attached hydrogen (secondary N) is 1. The van der Waals surface area contributed by atoms with Gasteiger partial charge in [0.05, 0.1) is 6.10 Å². The Morgan fingerprint density at radius 1 is 1.16 bits per heavy atom. The first-order chi connectivity index (χ1) is 8.99. The van der Waals surface area contributed by atoms with Crippen LogP contribution < -0.4 is 5.32 Å². The first-order valence-corrected chi connectivity index (χ1v) is 6.16. The highest BCUT2D eigenvalue weighted by Gasteiger charge is 2.18. The predicted octanol–water partition coefficient (Wildman–Crippen LogP) is 2.25. The van der Waals surface area contributed by atoms with Crippen molar-refractivity contribution in [3.63, 3.8) is 0 Å². The standard InChI is InChI=1S/C14H19NO4/c1-10(2)19-13(16)11(3)15-14(17)18-9-12-7-5-4-6-8-12/h4-8,10-11H,9H2,1-3H3,(H,15,17). The summed E-state index contributed by atoms with van der Waals surface area (Å²) in [6.45, 7) is 5.21. The second-order valence-corrected chi connectivity index (χ2v) is 4.41. The lowest BCUT2D eigenvalue weighted by Crippen LogP contribution is -2.40. The van der Waals surface area contributed by atoms with E-state index in [1.165, 1.54) is 0 Å². The van der Waals surface area contributed by atoms with Crippen LogP contribution in [0.3, 0.4) is 0 Å². The van der Waals surface area contributed by atoms with Crippen LogP contribution in [-0.2, 0) is 20.9 Å². The number of rotatable bonds is 5. The van der Waals surface area contributed by atoms with Crippen molar-refractivity contribution in [2.24, 2.45) is 0 Å². The molecule has 1 amide bonds. The van der Waals surface area contributed by atoms with Gasteiger partial charge in [-0.05, 0) is 26.3 Å². The number of alkyl carbamates (subject to hydrolysis) is 1. The van der Waals surface area contributed by atoms with Gasteiger partial charge in [-0.2, -0.15) is 0 Å². The maximum absolute atomic E-state index is 11.5. The quantitative estimate of drug-likeness (QED) is 0.829. The zero-order valence-corrected chi connectivity index (χ0v) is 11.4. The van der Waals surface area contributed by atoms with Gasteiger partial charge in [0.1, 0.15) is 12.6 Å². The molecule has 0 bridgehead atoms. The van der Waals surface area contributed by atoms with Crippen molar-refractivity contribution in [3.8, 4) is 0 Å². The Hall–Kier alpha value is -2.04. The molecule has 0 aromatic heterocycles. The number of carbonyl (C=O) groups is 2. The third kappa shape index (κ3) is 5.90. The van der Waals surface area contributed by atoms with Crippen molar-refractivity contribution >= 4 is 12.1 Å². The van der Waals surface area contributed by atoms with E-state index in [4.69, 9.17) is 9.47 Å². The number of hydrogen-bond acceptors (Lipinski definition) is 4. The van der Waals surface area contributed by atoms with Crippen molar-refractivity contribution < 1.29 is 19.1 Å². The van der Waals surface area contributed by atoms with Gasteiger partial charge in [0.25, 0.3) is 0 Å². The lowest BCUT2D eigenvalue weighted by atomic mass is 10.2. The van der Waals surface area contributed by atoms with Gasteiger partial charge < -0.3 is 14.8 Å². The van der Waals surface area contributed by atoms with E-state index in [9.17, 15) is 9.59 Å².